The number of hydrogen-bond donors (Lipinski definition) is 3. The molecule has 0 amide bonds. The predicted octanol–water partition coefficient (Wildman–Crippen LogP) is 5.62. The van der Waals surface area contributed by atoms with Gasteiger partial charge < -0.3 is 10.2 Å². The van der Waals surface area contributed by atoms with Gasteiger partial charge in [0.15, 0.2) is 0 Å². The Hall–Kier alpha value is -1.98. The van der Waals surface area contributed by atoms with E-state index in [1.54, 1.807) is 5.57 Å². The fraction of sp³-hybridized carbons (Fsp3) is 0.645. The molecular weight excluding hydrogens is 496 g/mol. The molecule has 3 saturated carbocycles. The number of unbranched alkanes of at least 4 members (excludes halogenated alkanes) is 1. The molecule has 0 heterocycles. The molecule has 6 atom stereocenters. The van der Waals surface area contributed by atoms with Crippen LogP contribution in [0.4, 0.5) is 0 Å². The third-order valence-corrected chi connectivity index (χ3v) is 10.9. The van der Waals surface area contributed by atoms with Crippen LogP contribution in [0.5, 0.6) is 0 Å². The van der Waals surface area contributed by atoms with E-state index < -0.39 is 22.2 Å². The molecule has 208 valence electrons. The summed E-state index contributed by atoms with van der Waals surface area (Å²) in [6.07, 6.45) is 14.5. The van der Waals surface area contributed by atoms with Gasteiger partial charge in [-0.05, 0) is 105 Å². The van der Waals surface area contributed by atoms with Crippen LogP contribution < -0.4 is 4.72 Å². The maximum Gasteiger partial charge on any atom is 0.240 e. The molecule has 3 aliphatic rings. The second-order valence-corrected chi connectivity index (χ2v) is 13.9. The predicted molar refractivity (Wildman–Crippen MR) is 150 cm³/mol. The molecule has 3 aliphatic carbocycles. The summed E-state index contributed by atoms with van der Waals surface area (Å²) < 4.78 is 27.8. The Balaban J connectivity index is 1.28. The Bertz CT molecular complexity index is 1160. The highest BCUT2D eigenvalue weighted by Gasteiger charge is 2.50. The zero-order chi connectivity index (χ0) is 27.3. The van der Waals surface area contributed by atoms with Crippen molar-refractivity contribution in [3.8, 4) is 6.07 Å². The van der Waals surface area contributed by atoms with Gasteiger partial charge in [-0.25, -0.2) is 13.1 Å². The molecule has 0 aromatic heterocycles. The molecule has 4 rings (SSSR count). The van der Waals surface area contributed by atoms with Crippen molar-refractivity contribution in [1.29, 1.82) is 5.26 Å². The van der Waals surface area contributed by atoms with Crippen molar-refractivity contribution in [3.63, 3.8) is 0 Å². The quantitative estimate of drug-likeness (QED) is 0.352. The third kappa shape index (κ3) is 6.77. The SMILES string of the molecule is C[C@H](CCCCNS(=O)(=O)c1ccc(C#N)cc1)[C@H]1CC[C@H]2/C(=C\C=C3C[C@@H](O)C[C@H](O)C3)CCC[C@]12C. The standard InChI is InChI=1S/C31H44N2O4S/c1-22(6-3-4-17-33-38(36,37)28-12-9-23(21-32)10-13-28)29-14-15-30-25(7-5-16-31(29,30)2)11-8-24-18-26(34)20-27(35)19-24/h8-13,22,26-27,29-30,33-35H,3-7,14-20H2,1-2H3/b25-11-/t22-,26-,27-,29-,30+,31-/m1/s1. The van der Waals surface area contributed by atoms with Gasteiger partial charge in [0, 0.05) is 6.54 Å². The normalized spacial score (nSPS) is 31.6. The minimum Gasteiger partial charge on any atom is -0.393 e. The molecule has 1 aromatic rings. The van der Waals surface area contributed by atoms with Crippen molar-refractivity contribution < 1.29 is 18.6 Å². The molecule has 38 heavy (non-hydrogen) atoms. The first-order valence-electron chi connectivity index (χ1n) is 14.4. The number of benzene rings is 1. The van der Waals surface area contributed by atoms with Gasteiger partial charge in [-0.15, -0.1) is 0 Å². The Morgan fingerprint density at radius 1 is 1.13 bits per heavy atom. The first-order chi connectivity index (χ1) is 18.1. The van der Waals surface area contributed by atoms with E-state index in [1.807, 2.05) is 6.07 Å². The van der Waals surface area contributed by atoms with Crippen molar-refractivity contribution in [2.75, 3.05) is 6.54 Å². The summed E-state index contributed by atoms with van der Waals surface area (Å²) >= 11 is 0. The highest BCUT2D eigenvalue weighted by atomic mass is 32.2. The lowest BCUT2D eigenvalue weighted by Gasteiger charge is -2.44. The Morgan fingerprint density at radius 3 is 2.53 bits per heavy atom. The largest absolute Gasteiger partial charge is 0.393 e. The van der Waals surface area contributed by atoms with E-state index in [-0.39, 0.29) is 4.90 Å². The van der Waals surface area contributed by atoms with Crippen LogP contribution >= 0.6 is 0 Å². The van der Waals surface area contributed by atoms with Gasteiger partial charge in [0.1, 0.15) is 0 Å². The topological polar surface area (TPSA) is 110 Å². The highest BCUT2D eigenvalue weighted by Crippen LogP contribution is 2.59. The lowest BCUT2D eigenvalue weighted by Crippen LogP contribution is -2.36. The van der Waals surface area contributed by atoms with Crippen LogP contribution in [0, 0.1) is 34.5 Å². The summed E-state index contributed by atoms with van der Waals surface area (Å²) in [5, 5.41) is 28.9. The molecule has 3 N–H and O–H groups in total. The van der Waals surface area contributed by atoms with Crippen molar-refractivity contribution >= 4 is 10.0 Å². The minimum atomic E-state index is -3.55. The maximum atomic E-state index is 12.5. The van der Waals surface area contributed by atoms with E-state index >= 15 is 0 Å². The molecule has 0 aliphatic heterocycles. The van der Waals surface area contributed by atoms with Gasteiger partial charge in [-0.2, -0.15) is 5.26 Å². The fourth-order valence-electron chi connectivity index (χ4n) is 7.54. The second kappa shape index (κ2) is 12.5. The van der Waals surface area contributed by atoms with Crippen LogP contribution in [0.25, 0.3) is 0 Å². The summed E-state index contributed by atoms with van der Waals surface area (Å²) in [6.45, 7) is 5.29. The zero-order valence-electron chi connectivity index (χ0n) is 22.9. The Kier molecular flexibility index (Phi) is 9.52. The number of nitrogens with zero attached hydrogens (tertiary/aromatic N) is 1. The number of hydrogen-bond acceptors (Lipinski definition) is 5. The molecule has 6 nitrogen and oxygen atoms in total. The molecule has 0 spiro atoms. The van der Waals surface area contributed by atoms with Crippen molar-refractivity contribution in [2.45, 2.75) is 102 Å². The van der Waals surface area contributed by atoms with E-state index in [0.29, 0.717) is 54.5 Å². The van der Waals surface area contributed by atoms with Crippen LogP contribution in [0.1, 0.15) is 90.0 Å². The summed E-state index contributed by atoms with van der Waals surface area (Å²) in [7, 11) is -3.55. The molecule has 7 heteroatoms. The van der Waals surface area contributed by atoms with Crippen molar-refractivity contribution in [3.05, 3.63) is 53.1 Å². The minimum absolute atomic E-state index is 0.197. The lowest BCUT2D eigenvalue weighted by molar-refractivity contribution is 0.0609. The molecule has 0 radical (unpaired) electrons. The Morgan fingerprint density at radius 2 is 1.84 bits per heavy atom. The van der Waals surface area contributed by atoms with Gasteiger partial charge in [0.05, 0.1) is 28.7 Å². The number of nitrogens with one attached hydrogen (secondary N) is 1. The number of rotatable bonds is 9. The van der Waals surface area contributed by atoms with Crippen LogP contribution in [-0.4, -0.2) is 37.4 Å². The molecule has 0 saturated heterocycles. The van der Waals surface area contributed by atoms with E-state index in [4.69, 9.17) is 5.26 Å². The third-order valence-electron chi connectivity index (χ3n) is 9.47. The van der Waals surface area contributed by atoms with Gasteiger partial charge >= 0.3 is 0 Å². The Labute approximate surface area is 228 Å². The molecule has 0 unspecified atom stereocenters. The van der Waals surface area contributed by atoms with Crippen molar-refractivity contribution in [1.82, 2.24) is 4.72 Å². The summed E-state index contributed by atoms with van der Waals surface area (Å²) in [5.74, 6) is 1.89. The van der Waals surface area contributed by atoms with Gasteiger partial charge in [0.25, 0.3) is 0 Å². The summed E-state index contributed by atoms with van der Waals surface area (Å²) in [6, 6.07) is 8.02. The van der Waals surface area contributed by atoms with E-state index in [1.165, 1.54) is 49.9 Å². The zero-order valence-corrected chi connectivity index (χ0v) is 23.7. The highest BCUT2D eigenvalue weighted by molar-refractivity contribution is 7.89. The number of aliphatic hydroxyl groups is 2. The van der Waals surface area contributed by atoms with Gasteiger partial charge in [-0.3, -0.25) is 0 Å². The average molecular weight is 541 g/mol. The summed E-state index contributed by atoms with van der Waals surface area (Å²) in [5.41, 5.74) is 3.47. The van der Waals surface area contributed by atoms with Crippen LogP contribution in [0.15, 0.2) is 52.5 Å². The van der Waals surface area contributed by atoms with E-state index in [9.17, 15) is 18.6 Å². The van der Waals surface area contributed by atoms with Gasteiger partial charge in [-0.1, -0.05) is 50.0 Å². The average Bonchev–Trinajstić information content (AvgIpc) is 3.24. The van der Waals surface area contributed by atoms with Crippen LogP contribution in [-0.2, 0) is 10.0 Å². The number of sulfonamides is 1. The molecular formula is C31H44N2O4S. The van der Waals surface area contributed by atoms with Gasteiger partial charge in [0.2, 0.25) is 10.0 Å². The van der Waals surface area contributed by atoms with Crippen molar-refractivity contribution in [2.24, 2.45) is 23.2 Å². The molecule has 3 fully saturated rings. The molecule has 1 aromatic carbocycles. The first kappa shape index (κ1) is 29.0. The number of fused-ring (bicyclic) bond motifs is 1. The number of allylic oxidation sites excluding steroid dienone is 3. The summed E-state index contributed by atoms with van der Waals surface area (Å²) in [4.78, 5) is 0.197. The van der Waals surface area contributed by atoms with Crippen LogP contribution in [0.3, 0.4) is 0 Å². The molecule has 0 bridgehead atoms. The van der Waals surface area contributed by atoms with E-state index in [2.05, 4.69) is 30.7 Å². The second-order valence-electron chi connectivity index (χ2n) is 12.1. The lowest BCUT2D eigenvalue weighted by atomic mass is 9.60. The first-order valence-corrected chi connectivity index (χ1v) is 15.8. The number of nitriles is 1. The van der Waals surface area contributed by atoms with Crippen LogP contribution in [0.2, 0.25) is 0 Å². The maximum absolute atomic E-state index is 12.5. The monoisotopic (exact) mass is 540 g/mol. The van der Waals surface area contributed by atoms with E-state index in [0.717, 1.165) is 31.3 Å². The fourth-order valence-corrected chi connectivity index (χ4v) is 8.61. The smallest absolute Gasteiger partial charge is 0.240 e. The number of aliphatic hydroxyl groups excluding tert-OH is 2.